The third kappa shape index (κ3) is 8.79. The number of nitrogen functional groups attached to an aromatic ring is 1. The van der Waals surface area contributed by atoms with Crippen molar-refractivity contribution in [1.29, 1.82) is 0 Å². The number of nitrogens with zero attached hydrogens (tertiary/aromatic N) is 1. The van der Waals surface area contributed by atoms with Crippen LogP contribution in [0.3, 0.4) is 0 Å². The van der Waals surface area contributed by atoms with Gasteiger partial charge < -0.3 is 27.0 Å². The van der Waals surface area contributed by atoms with Gasteiger partial charge in [0.05, 0.1) is 18.5 Å². The van der Waals surface area contributed by atoms with Crippen LogP contribution in [0.5, 0.6) is 0 Å². The maximum absolute atomic E-state index is 11.0. The molecule has 0 radical (unpaired) electrons. The van der Waals surface area contributed by atoms with Crippen LogP contribution in [0.4, 0.5) is 11.4 Å². The molecule has 0 aliphatic carbocycles. The Hall–Kier alpha value is -2.50. The Balaban J connectivity index is 0.00000106. The van der Waals surface area contributed by atoms with Gasteiger partial charge in [-0.05, 0) is 67.1 Å². The van der Waals surface area contributed by atoms with Gasteiger partial charge in [-0.15, -0.1) is 0 Å². The predicted molar refractivity (Wildman–Crippen MR) is 153 cm³/mol. The summed E-state index contributed by atoms with van der Waals surface area (Å²) in [5, 5.41) is 21.7. The number of aliphatic hydroxyl groups excluding tert-OH is 2. The topological polar surface area (TPSA) is 117 Å². The molecule has 2 unspecified atom stereocenters. The summed E-state index contributed by atoms with van der Waals surface area (Å²) >= 11 is 0. The molecule has 7 heteroatoms. The minimum absolute atomic E-state index is 0. The molecule has 0 bridgehead atoms. The van der Waals surface area contributed by atoms with E-state index in [-0.39, 0.29) is 33.8 Å². The van der Waals surface area contributed by atoms with Crippen LogP contribution in [-0.2, 0) is 40.3 Å². The Morgan fingerprint density at radius 2 is 1.54 bits per heavy atom. The zero-order valence-electron chi connectivity index (χ0n) is 22.7. The number of aliphatic imine (C=N–C) groups is 1. The van der Waals surface area contributed by atoms with E-state index in [0.717, 1.165) is 46.6 Å². The second-order valence-corrected chi connectivity index (χ2v) is 8.50. The van der Waals surface area contributed by atoms with E-state index < -0.39 is 6.23 Å². The fraction of sp³-hybridized carbons (Fsp3) is 0.367. The summed E-state index contributed by atoms with van der Waals surface area (Å²) in [6.45, 7) is 10.2. The Morgan fingerprint density at radius 3 is 2.14 bits per heavy atom. The standard InChI is InChI=1S/C27H31N3O.C2H6.CH5NO.W/c1-4-19-8-7-18(15-20(19)5-2)16-25-27(31)30-24-13-6-17(3)14-23(24)26(29-25)21-9-11-22(28)12-10-21;1-2;2-1-3;/h6-15,25,27,30-31H,4-5,16,28H2,1-3H3;1-2H3;3H,1-2H2;. The summed E-state index contributed by atoms with van der Waals surface area (Å²) < 4.78 is 0. The van der Waals surface area contributed by atoms with Crippen molar-refractivity contribution in [3.8, 4) is 0 Å². The van der Waals surface area contributed by atoms with Crippen molar-refractivity contribution in [3.63, 3.8) is 0 Å². The van der Waals surface area contributed by atoms with Crippen molar-refractivity contribution in [2.24, 2.45) is 10.7 Å². The molecule has 0 spiro atoms. The molecule has 37 heavy (non-hydrogen) atoms. The molecule has 3 aromatic carbocycles. The summed E-state index contributed by atoms with van der Waals surface area (Å²) in [6, 6.07) is 20.3. The third-order valence-electron chi connectivity index (χ3n) is 6.05. The van der Waals surface area contributed by atoms with Gasteiger partial charge >= 0.3 is 0 Å². The van der Waals surface area contributed by atoms with Gasteiger partial charge in [0, 0.05) is 43.6 Å². The quantitative estimate of drug-likeness (QED) is 0.197. The zero-order chi connectivity index (χ0) is 26.7. The van der Waals surface area contributed by atoms with E-state index >= 15 is 0 Å². The maximum atomic E-state index is 11.0. The van der Waals surface area contributed by atoms with Gasteiger partial charge in [-0.25, -0.2) is 0 Å². The number of fused-ring (bicyclic) bond motifs is 1. The van der Waals surface area contributed by atoms with Gasteiger partial charge in [0.2, 0.25) is 0 Å². The molecule has 1 aliphatic rings. The first kappa shape index (κ1) is 32.5. The molecule has 200 valence electrons. The smallest absolute Gasteiger partial charge is 0.147 e. The summed E-state index contributed by atoms with van der Waals surface area (Å²) in [5.41, 5.74) is 19.9. The first-order chi connectivity index (χ1) is 17.4. The minimum atomic E-state index is -0.774. The largest absolute Gasteiger partial charge is 0.399 e. The van der Waals surface area contributed by atoms with Crippen LogP contribution >= 0.6 is 0 Å². The zero-order valence-corrected chi connectivity index (χ0v) is 25.6. The number of nitrogens with two attached hydrogens (primary N) is 2. The molecule has 7 N–H and O–H groups in total. The number of benzene rings is 3. The van der Waals surface area contributed by atoms with Crippen LogP contribution in [0.15, 0.2) is 65.7 Å². The number of aliphatic hydroxyl groups is 2. The average molecular weight is 675 g/mol. The Morgan fingerprint density at radius 1 is 0.919 bits per heavy atom. The van der Waals surface area contributed by atoms with Gasteiger partial charge in [-0.3, -0.25) is 4.99 Å². The van der Waals surface area contributed by atoms with Gasteiger partial charge in [-0.1, -0.05) is 69.7 Å². The molecular formula is C30H42N4O2W. The Kier molecular flexibility index (Phi) is 14.4. The summed E-state index contributed by atoms with van der Waals surface area (Å²) in [4.78, 5) is 5.10. The predicted octanol–water partition coefficient (Wildman–Crippen LogP) is 4.81. The van der Waals surface area contributed by atoms with Crippen molar-refractivity contribution in [2.75, 3.05) is 17.8 Å². The van der Waals surface area contributed by atoms with Crippen LogP contribution < -0.4 is 16.8 Å². The van der Waals surface area contributed by atoms with Crippen molar-refractivity contribution in [3.05, 3.63) is 94.0 Å². The van der Waals surface area contributed by atoms with E-state index in [2.05, 4.69) is 62.2 Å². The first-order valence-electron chi connectivity index (χ1n) is 12.8. The number of rotatable bonds is 5. The first-order valence-corrected chi connectivity index (χ1v) is 12.8. The van der Waals surface area contributed by atoms with E-state index in [9.17, 15) is 5.11 Å². The van der Waals surface area contributed by atoms with Crippen LogP contribution in [0.2, 0.25) is 0 Å². The van der Waals surface area contributed by atoms with E-state index in [1.165, 1.54) is 16.7 Å². The normalized spacial score (nSPS) is 15.7. The molecule has 0 aromatic heterocycles. The minimum Gasteiger partial charge on any atom is -0.399 e. The second-order valence-electron chi connectivity index (χ2n) is 8.50. The molecule has 0 saturated carbocycles. The number of anilines is 2. The molecule has 4 rings (SSSR count). The van der Waals surface area contributed by atoms with E-state index in [4.69, 9.17) is 15.8 Å². The summed E-state index contributed by atoms with van der Waals surface area (Å²) in [7, 11) is 0. The maximum Gasteiger partial charge on any atom is 0.147 e. The van der Waals surface area contributed by atoms with Crippen LogP contribution in [0.1, 0.15) is 61.1 Å². The van der Waals surface area contributed by atoms with Crippen LogP contribution in [0.25, 0.3) is 0 Å². The molecule has 1 heterocycles. The van der Waals surface area contributed by atoms with Crippen molar-refractivity contribution < 1.29 is 31.3 Å². The Bertz CT molecular complexity index is 1130. The number of aryl methyl sites for hydroxylation is 3. The van der Waals surface area contributed by atoms with Crippen molar-refractivity contribution in [1.82, 2.24) is 0 Å². The molecule has 2 atom stereocenters. The Labute approximate surface area is 236 Å². The van der Waals surface area contributed by atoms with E-state index in [1.807, 2.05) is 44.2 Å². The van der Waals surface area contributed by atoms with Crippen LogP contribution in [-0.4, -0.2) is 34.9 Å². The van der Waals surface area contributed by atoms with Gasteiger partial charge in [-0.2, -0.15) is 0 Å². The fourth-order valence-electron chi connectivity index (χ4n) is 4.29. The number of benzodiazepines with no additional fused rings is 1. The molecule has 1 aliphatic heterocycles. The van der Waals surface area contributed by atoms with Gasteiger partial charge in [0.1, 0.15) is 6.23 Å². The van der Waals surface area contributed by atoms with Crippen LogP contribution in [0, 0.1) is 6.92 Å². The SMILES string of the molecule is CC.CCc1ccc(CC2N=C(c3ccc(N)cc3)c3cc(C)ccc3NC2O)cc1CC.NCO.[W]. The van der Waals surface area contributed by atoms with E-state index in [0.29, 0.717) is 6.42 Å². The van der Waals surface area contributed by atoms with Gasteiger partial charge in [0.25, 0.3) is 0 Å². The molecule has 3 aromatic rings. The number of hydrogen-bond donors (Lipinski definition) is 5. The molecule has 0 amide bonds. The monoisotopic (exact) mass is 674 g/mol. The molecular weight excluding hydrogens is 632 g/mol. The average Bonchev–Trinajstić information content (AvgIpc) is 3.02. The fourth-order valence-corrected chi connectivity index (χ4v) is 4.29. The molecule has 0 fully saturated rings. The number of nitrogens with one attached hydrogen (secondary N) is 1. The van der Waals surface area contributed by atoms with Crippen molar-refractivity contribution in [2.45, 2.75) is 66.2 Å². The van der Waals surface area contributed by atoms with Gasteiger partial charge in [0.15, 0.2) is 0 Å². The molecule has 0 saturated heterocycles. The second kappa shape index (κ2) is 16.4. The molecule has 6 nitrogen and oxygen atoms in total. The summed E-state index contributed by atoms with van der Waals surface area (Å²) in [6.07, 6.45) is 1.93. The number of hydrogen-bond acceptors (Lipinski definition) is 6. The third-order valence-corrected chi connectivity index (χ3v) is 6.05. The van der Waals surface area contributed by atoms with E-state index in [1.54, 1.807) is 0 Å². The summed E-state index contributed by atoms with van der Waals surface area (Å²) in [5.74, 6) is 0. The van der Waals surface area contributed by atoms with Crippen molar-refractivity contribution >= 4 is 17.1 Å².